The quantitative estimate of drug-likeness (QED) is 0.170. The summed E-state index contributed by atoms with van der Waals surface area (Å²) in [6, 6.07) is 73.3. The SMILES string of the molecule is c1cc(-c2cccc3c2oc2ccccc23)cc(N(c2ccc(-c3ccc4oc5ccccc5c4c3)cc2)c2cccc(-n3c4ccccc4c4ccccc43)c2)c1. The second-order valence-electron chi connectivity index (χ2n) is 14.9. The van der Waals surface area contributed by atoms with E-state index in [0.717, 1.165) is 88.9 Å². The molecule has 0 atom stereocenters. The predicted molar refractivity (Wildman–Crippen MR) is 241 cm³/mol. The van der Waals surface area contributed by atoms with E-state index < -0.39 is 0 Å². The van der Waals surface area contributed by atoms with E-state index >= 15 is 0 Å². The molecule has 4 heteroatoms. The third-order valence-electron chi connectivity index (χ3n) is 11.6. The van der Waals surface area contributed by atoms with Crippen LogP contribution >= 0.6 is 0 Å². The first-order valence-electron chi connectivity index (χ1n) is 19.7. The minimum absolute atomic E-state index is 0.893. The normalized spacial score (nSPS) is 11.8. The molecule has 0 aliphatic heterocycles. The summed E-state index contributed by atoms with van der Waals surface area (Å²) in [6.07, 6.45) is 0. The molecule has 0 bridgehead atoms. The van der Waals surface area contributed by atoms with Crippen molar-refractivity contribution in [3.63, 3.8) is 0 Å². The molecule has 58 heavy (non-hydrogen) atoms. The summed E-state index contributed by atoms with van der Waals surface area (Å²) in [5, 5.41) is 6.97. The average molecular weight is 743 g/mol. The van der Waals surface area contributed by atoms with Crippen LogP contribution in [0.5, 0.6) is 0 Å². The van der Waals surface area contributed by atoms with Crippen LogP contribution in [0.3, 0.4) is 0 Å². The van der Waals surface area contributed by atoms with E-state index in [4.69, 9.17) is 8.83 Å². The molecule has 12 rings (SSSR count). The maximum absolute atomic E-state index is 6.51. The number of anilines is 3. The number of rotatable bonds is 6. The molecule has 4 nitrogen and oxygen atoms in total. The molecule has 0 saturated carbocycles. The van der Waals surface area contributed by atoms with Gasteiger partial charge in [-0.2, -0.15) is 0 Å². The number of fused-ring (bicyclic) bond motifs is 9. The molecule has 12 aromatic rings. The molecular weight excluding hydrogens is 709 g/mol. The van der Waals surface area contributed by atoms with Crippen LogP contribution in [0.2, 0.25) is 0 Å². The summed E-state index contributed by atoms with van der Waals surface area (Å²) < 4.78 is 15.0. The third kappa shape index (κ3) is 5.09. The molecule has 0 saturated heterocycles. The largest absolute Gasteiger partial charge is 0.456 e. The Hall–Kier alpha value is -7.82. The van der Waals surface area contributed by atoms with Gasteiger partial charge in [-0.05, 0) is 95.6 Å². The lowest BCUT2D eigenvalue weighted by atomic mass is 10.0. The molecule has 3 heterocycles. The van der Waals surface area contributed by atoms with Gasteiger partial charge >= 0.3 is 0 Å². The number of hydrogen-bond acceptors (Lipinski definition) is 3. The molecule has 0 aliphatic rings. The summed E-state index contributed by atoms with van der Waals surface area (Å²) in [4.78, 5) is 2.36. The van der Waals surface area contributed by atoms with Crippen molar-refractivity contribution in [3.8, 4) is 27.9 Å². The molecule has 0 radical (unpaired) electrons. The van der Waals surface area contributed by atoms with Gasteiger partial charge in [-0.1, -0.05) is 127 Å². The number of furan rings is 2. The van der Waals surface area contributed by atoms with Gasteiger partial charge in [0.1, 0.15) is 22.3 Å². The molecule has 0 unspecified atom stereocenters. The molecule has 272 valence electrons. The highest BCUT2D eigenvalue weighted by molar-refractivity contribution is 6.11. The Labute approximate surface area is 334 Å². The van der Waals surface area contributed by atoms with Crippen molar-refractivity contribution in [1.29, 1.82) is 0 Å². The monoisotopic (exact) mass is 742 g/mol. The molecular formula is C54H34N2O2. The lowest BCUT2D eigenvalue weighted by Crippen LogP contribution is -2.10. The number of hydrogen-bond donors (Lipinski definition) is 0. The number of benzene rings is 9. The zero-order valence-corrected chi connectivity index (χ0v) is 31.3. The molecule has 0 fully saturated rings. The highest BCUT2D eigenvalue weighted by Crippen LogP contribution is 2.42. The number of nitrogens with zero attached hydrogens (tertiary/aromatic N) is 2. The molecule has 0 spiro atoms. The van der Waals surface area contributed by atoms with E-state index in [-0.39, 0.29) is 0 Å². The second kappa shape index (κ2) is 12.9. The van der Waals surface area contributed by atoms with Crippen molar-refractivity contribution in [2.75, 3.05) is 4.90 Å². The van der Waals surface area contributed by atoms with Crippen LogP contribution in [-0.4, -0.2) is 4.57 Å². The summed E-state index contributed by atoms with van der Waals surface area (Å²) in [5.41, 5.74) is 14.6. The highest BCUT2D eigenvalue weighted by Gasteiger charge is 2.19. The molecule has 0 N–H and O–H groups in total. The van der Waals surface area contributed by atoms with Gasteiger partial charge in [0, 0.05) is 60.6 Å². The summed E-state index contributed by atoms with van der Waals surface area (Å²) in [7, 11) is 0. The maximum Gasteiger partial charge on any atom is 0.143 e. The van der Waals surface area contributed by atoms with Crippen LogP contribution in [0, 0.1) is 0 Å². The molecule has 0 aliphatic carbocycles. The van der Waals surface area contributed by atoms with Gasteiger partial charge in [-0.15, -0.1) is 0 Å². The fourth-order valence-electron chi connectivity index (χ4n) is 8.91. The third-order valence-corrected chi connectivity index (χ3v) is 11.6. The minimum Gasteiger partial charge on any atom is -0.456 e. The minimum atomic E-state index is 0.893. The van der Waals surface area contributed by atoms with E-state index in [9.17, 15) is 0 Å². The standard InChI is InChI=1S/C54H34N2O2/c1-5-22-49-43(16-1)44-17-2-6-23-50(44)56(49)41-15-10-14-40(34-41)55(38-29-26-35(27-30-38)36-28-31-53-48(33-36)46-19-4-7-24-51(46)57-53)39-13-9-12-37(32-39)42-20-11-21-47-45-18-3-8-25-52(45)58-54(42)47/h1-34H. The fraction of sp³-hybridized carbons (Fsp3) is 0. The van der Waals surface area contributed by atoms with Gasteiger partial charge in [-0.3, -0.25) is 0 Å². The van der Waals surface area contributed by atoms with Gasteiger partial charge in [-0.25, -0.2) is 0 Å². The van der Waals surface area contributed by atoms with Crippen LogP contribution in [-0.2, 0) is 0 Å². The topological polar surface area (TPSA) is 34.5 Å². The van der Waals surface area contributed by atoms with Crippen molar-refractivity contribution >= 4 is 82.7 Å². The van der Waals surface area contributed by atoms with Crippen molar-refractivity contribution < 1.29 is 8.83 Å². The lowest BCUT2D eigenvalue weighted by molar-refractivity contribution is 0.669. The van der Waals surface area contributed by atoms with E-state index in [1.807, 2.05) is 24.3 Å². The number of aromatic nitrogens is 1. The van der Waals surface area contributed by atoms with Gasteiger partial charge in [0.25, 0.3) is 0 Å². The van der Waals surface area contributed by atoms with Gasteiger partial charge in [0.15, 0.2) is 0 Å². The Morgan fingerprint density at radius 2 is 0.897 bits per heavy atom. The van der Waals surface area contributed by atoms with Gasteiger partial charge < -0.3 is 18.3 Å². The van der Waals surface area contributed by atoms with Crippen molar-refractivity contribution in [3.05, 3.63) is 206 Å². The molecule has 0 amide bonds. The van der Waals surface area contributed by atoms with Gasteiger partial charge in [0.05, 0.1) is 11.0 Å². The molecule has 3 aromatic heterocycles. The number of para-hydroxylation sites is 5. The first-order valence-corrected chi connectivity index (χ1v) is 19.7. The smallest absolute Gasteiger partial charge is 0.143 e. The fourth-order valence-corrected chi connectivity index (χ4v) is 8.91. The summed E-state index contributed by atoms with van der Waals surface area (Å²) in [6.45, 7) is 0. The van der Waals surface area contributed by atoms with Crippen LogP contribution in [0.1, 0.15) is 0 Å². The lowest BCUT2D eigenvalue weighted by Gasteiger charge is -2.27. The van der Waals surface area contributed by atoms with Crippen LogP contribution < -0.4 is 4.90 Å². The van der Waals surface area contributed by atoms with E-state index in [1.54, 1.807) is 0 Å². The van der Waals surface area contributed by atoms with E-state index in [1.165, 1.54) is 21.8 Å². The Bertz CT molecular complexity index is 3480. The summed E-state index contributed by atoms with van der Waals surface area (Å²) >= 11 is 0. The highest BCUT2D eigenvalue weighted by atomic mass is 16.3. The van der Waals surface area contributed by atoms with E-state index in [2.05, 4.69) is 191 Å². The first kappa shape index (κ1) is 32.4. The summed E-state index contributed by atoms with van der Waals surface area (Å²) in [5.74, 6) is 0. The predicted octanol–water partition coefficient (Wildman–Crippen LogP) is 15.4. The van der Waals surface area contributed by atoms with Gasteiger partial charge in [0.2, 0.25) is 0 Å². The Balaban J connectivity index is 1.02. The maximum atomic E-state index is 6.51. The Kier molecular flexibility index (Phi) is 7.20. The van der Waals surface area contributed by atoms with Crippen LogP contribution in [0.15, 0.2) is 215 Å². The van der Waals surface area contributed by atoms with Crippen molar-refractivity contribution in [2.24, 2.45) is 0 Å². The van der Waals surface area contributed by atoms with E-state index in [0.29, 0.717) is 0 Å². The second-order valence-corrected chi connectivity index (χ2v) is 14.9. The Morgan fingerprint density at radius 3 is 1.66 bits per heavy atom. The average Bonchev–Trinajstić information content (AvgIpc) is 3.96. The zero-order chi connectivity index (χ0) is 38.2. The first-order chi connectivity index (χ1) is 28.7. The van der Waals surface area contributed by atoms with Crippen LogP contribution in [0.4, 0.5) is 17.1 Å². The van der Waals surface area contributed by atoms with Crippen molar-refractivity contribution in [1.82, 2.24) is 4.57 Å². The Morgan fingerprint density at radius 1 is 0.328 bits per heavy atom. The van der Waals surface area contributed by atoms with Crippen LogP contribution in [0.25, 0.3) is 93.6 Å². The molecule has 9 aromatic carbocycles. The van der Waals surface area contributed by atoms with Crippen molar-refractivity contribution in [2.45, 2.75) is 0 Å². The zero-order valence-electron chi connectivity index (χ0n) is 31.3.